The van der Waals surface area contributed by atoms with Crippen LogP contribution < -0.4 is 0 Å². The third kappa shape index (κ3) is 1.06. The first-order valence-electron chi connectivity index (χ1n) is 4.03. The lowest BCUT2D eigenvalue weighted by atomic mass is 10.1. The molecule has 1 aliphatic rings. The summed E-state index contributed by atoms with van der Waals surface area (Å²) in [5.74, 6) is 1.68. The van der Waals surface area contributed by atoms with Crippen LogP contribution in [-0.2, 0) is 0 Å². The highest BCUT2D eigenvalue weighted by Gasteiger charge is 2.48. The summed E-state index contributed by atoms with van der Waals surface area (Å²) in [6.07, 6.45) is 1.24. The van der Waals surface area contributed by atoms with E-state index in [1.54, 1.807) is 0 Å². The Hall–Kier alpha value is -0.790. The number of rotatable bonds is 1. The van der Waals surface area contributed by atoms with Gasteiger partial charge in [0.05, 0.1) is 5.69 Å². The molecule has 1 aromatic heterocycles. The van der Waals surface area contributed by atoms with Crippen molar-refractivity contribution < 1.29 is 4.52 Å². The standard InChI is InChI=1S/C9H13NO/c1-6-4-8(11-10-6)7-5-9(7,2)3/h4,7H,5H2,1-3H3/t7-/m0/s1. The fraction of sp³-hybridized carbons (Fsp3) is 0.667. The summed E-state index contributed by atoms with van der Waals surface area (Å²) in [6, 6.07) is 2.04. The third-order valence-corrected chi connectivity index (χ3v) is 2.50. The van der Waals surface area contributed by atoms with Crippen LogP contribution in [0.5, 0.6) is 0 Å². The van der Waals surface area contributed by atoms with E-state index in [0.29, 0.717) is 11.3 Å². The first-order chi connectivity index (χ1) is 5.09. The van der Waals surface area contributed by atoms with E-state index in [1.807, 2.05) is 13.0 Å². The number of hydrogen-bond donors (Lipinski definition) is 0. The van der Waals surface area contributed by atoms with Gasteiger partial charge in [-0.1, -0.05) is 19.0 Å². The average Bonchev–Trinajstić information content (AvgIpc) is 2.39. The molecule has 1 aromatic rings. The number of hydrogen-bond acceptors (Lipinski definition) is 2. The van der Waals surface area contributed by atoms with E-state index in [1.165, 1.54) is 6.42 Å². The van der Waals surface area contributed by atoms with Crippen molar-refractivity contribution in [1.82, 2.24) is 5.16 Å². The van der Waals surface area contributed by atoms with Crippen molar-refractivity contribution in [2.45, 2.75) is 33.1 Å². The second-order valence-corrected chi connectivity index (χ2v) is 4.12. The van der Waals surface area contributed by atoms with Crippen LogP contribution in [0, 0.1) is 12.3 Å². The summed E-state index contributed by atoms with van der Waals surface area (Å²) in [5.41, 5.74) is 1.44. The maximum absolute atomic E-state index is 5.17. The summed E-state index contributed by atoms with van der Waals surface area (Å²) in [6.45, 7) is 6.48. The average molecular weight is 151 g/mol. The number of nitrogens with zero attached hydrogens (tertiary/aromatic N) is 1. The van der Waals surface area contributed by atoms with Crippen molar-refractivity contribution in [2.75, 3.05) is 0 Å². The minimum atomic E-state index is 0.450. The first-order valence-corrected chi connectivity index (χ1v) is 4.03. The Kier molecular flexibility index (Phi) is 1.17. The summed E-state index contributed by atoms with van der Waals surface area (Å²) < 4.78 is 5.17. The van der Waals surface area contributed by atoms with Gasteiger partial charge in [-0.3, -0.25) is 0 Å². The Morgan fingerprint density at radius 2 is 2.27 bits per heavy atom. The zero-order valence-corrected chi connectivity index (χ0v) is 7.22. The highest BCUT2D eigenvalue weighted by Crippen LogP contribution is 2.58. The van der Waals surface area contributed by atoms with E-state index in [0.717, 1.165) is 11.5 Å². The fourth-order valence-electron chi connectivity index (χ4n) is 1.50. The molecular weight excluding hydrogens is 138 g/mol. The molecule has 0 aliphatic heterocycles. The van der Waals surface area contributed by atoms with Crippen LogP contribution in [0.1, 0.15) is 37.6 Å². The molecule has 11 heavy (non-hydrogen) atoms. The van der Waals surface area contributed by atoms with Gasteiger partial charge in [-0.25, -0.2) is 0 Å². The summed E-state index contributed by atoms with van der Waals surface area (Å²) in [5, 5.41) is 3.87. The first kappa shape index (κ1) is 6.89. The normalized spacial score (nSPS) is 27.0. The molecule has 0 unspecified atom stereocenters. The molecule has 1 saturated carbocycles. The molecule has 2 rings (SSSR count). The van der Waals surface area contributed by atoms with E-state index >= 15 is 0 Å². The van der Waals surface area contributed by atoms with Crippen LogP contribution in [0.15, 0.2) is 10.6 Å². The second kappa shape index (κ2) is 1.87. The van der Waals surface area contributed by atoms with Crippen LogP contribution in [-0.4, -0.2) is 5.16 Å². The quantitative estimate of drug-likeness (QED) is 0.616. The maximum atomic E-state index is 5.17. The highest BCUT2D eigenvalue weighted by atomic mass is 16.5. The zero-order valence-electron chi connectivity index (χ0n) is 7.22. The molecule has 0 N–H and O–H groups in total. The van der Waals surface area contributed by atoms with Crippen molar-refractivity contribution in [3.63, 3.8) is 0 Å². The van der Waals surface area contributed by atoms with Crippen LogP contribution in [0.4, 0.5) is 0 Å². The van der Waals surface area contributed by atoms with Gasteiger partial charge >= 0.3 is 0 Å². The molecule has 2 nitrogen and oxygen atoms in total. The van der Waals surface area contributed by atoms with Crippen molar-refractivity contribution in [3.05, 3.63) is 17.5 Å². The Labute approximate surface area is 66.6 Å². The third-order valence-electron chi connectivity index (χ3n) is 2.50. The van der Waals surface area contributed by atoms with Gasteiger partial charge in [-0.05, 0) is 18.8 Å². The molecule has 1 fully saturated rings. The molecule has 60 valence electrons. The Morgan fingerprint density at radius 3 is 2.64 bits per heavy atom. The van der Waals surface area contributed by atoms with Crippen LogP contribution in [0.2, 0.25) is 0 Å². The predicted octanol–water partition coefficient (Wildman–Crippen LogP) is 2.50. The Balaban J connectivity index is 2.20. The largest absolute Gasteiger partial charge is 0.361 e. The molecule has 1 atom stereocenters. The van der Waals surface area contributed by atoms with Gasteiger partial charge in [0.1, 0.15) is 5.76 Å². The Morgan fingerprint density at radius 1 is 1.64 bits per heavy atom. The fourth-order valence-corrected chi connectivity index (χ4v) is 1.50. The highest BCUT2D eigenvalue weighted by molar-refractivity contribution is 5.20. The predicted molar refractivity (Wildman–Crippen MR) is 42.4 cm³/mol. The van der Waals surface area contributed by atoms with Crippen molar-refractivity contribution >= 4 is 0 Å². The molecule has 2 heteroatoms. The summed E-state index contributed by atoms with van der Waals surface area (Å²) >= 11 is 0. The van der Waals surface area contributed by atoms with E-state index in [9.17, 15) is 0 Å². The minimum Gasteiger partial charge on any atom is -0.361 e. The SMILES string of the molecule is Cc1cc([C@@H]2CC2(C)C)on1. The molecule has 0 saturated heterocycles. The molecule has 0 amide bonds. The zero-order chi connectivity index (χ0) is 8.06. The van der Waals surface area contributed by atoms with Crippen LogP contribution in [0.25, 0.3) is 0 Å². The van der Waals surface area contributed by atoms with Gasteiger partial charge in [-0.15, -0.1) is 0 Å². The summed E-state index contributed by atoms with van der Waals surface area (Å²) in [7, 11) is 0. The van der Waals surface area contributed by atoms with E-state index in [-0.39, 0.29) is 0 Å². The van der Waals surface area contributed by atoms with E-state index in [4.69, 9.17) is 4.52 Å². The maximum Gasteiger partial charge on any atom is 0.140 e. The summed E-state index contributed by atoms with van der Waals surface area (Å²) in [4.78, 5) is 0. The smallest absolute Gasteiger partial charge is 0.140 e. The van der Waals surface area contributed by atoms with Gasteiger partial charge in [-0.2, -0.15) is 0 Å². The topological polar surface area (TPSA) is 26.0 Å². The number of aromatic nitrogens is 1. The van der Waals surface area contributed by atoms with Crippen molar-refractivity contribution in [2.24, 2.45) is 5.41 Å². The lowest BCUT2D eigenvalue weighted by Gasteiger charge is -1.96. The van der Waals surface area contributed by atoms with Gasteiger partial charge in [0, 0.05) is 12.0 Å². The molecular formula is C9H13NO. The van der Waals surface area contributed by atoms with Crippen LogP contribution >= 0.6 is 0 Å². The van der Waals surface area contributed by atoms with Gasteiger partial charge in [0.2, 0.25) is 0 Å². The molecule has 0 spiro atoms. The van der Waals surface area contributed by atoms with Gasteiger partial charge < -0.3 is 4.52 Å². The van der Waals surface area contributed by atoms with Crippen molar-refractivity contribution in [1.29, 1.82) is 0 Å². The minimum absolute atomic E-state index is 0.450. The molecule has 1 heterocycles. The van der Waals surface area contributed by atoms with Gasteiger partial charge in [0.25, 0.3) is 0 Å². The lowest BCUT2D eigenvalue weighted by molar-refractivity contribution is 0.370. The Bertz CT molecular complexity index is 275. The molecule has 0 aromatic carbocycles. The van der Waals surface area contributed by atoms with Gasteiger partial charge in [0.15, 0.2) is 0 Å². The molecule has 1 aliphatic carbocycles. The van der Waals surface area contributed by atoms with Crippen molar-refractivity contribution in [3.8, 4) is 0 Å². The lowest BCUT2D eigenvalue weighted by Crippen LogP contribution is -1.86. The van der Waals surface area contributed by atoms with E-state index in [2.05, 4.69) is 19.0 Å². The number of aryl methyl sites for hydroxylation is 1. The second-order valence-electron chi connectivity index (χ2n) is 4.12. The molecule has 0 radical (unpaired) electrons. The molecule has 0 bridgehead atoms. The van der Waals surface area contributed by atoms with Crippen LogP contribution in [0.3, 0.4) is 0 Å². The monoisotopic (exact) mass is 151 g/mol. The van der Waals surface area contributed by atoms with E-state index < -0.39 is 0 Å².